The summed E-state index contributed by atoms with van der Waals surface area (Å²) in [5.74, 6) is -0.368. The van der Waals surface area contributed by atoms with Crippen LogP contribution in [-0.2, 0) is 0 Å². The van der Waals surface area contributed by atoms with Crippen LogP contribution in [0, 0.1) is 5.82 Å². The van der Waals surface area contributed by atoms with Crippen LogP contribution in [0.1, 0.15) is 17.2 Å². The molecule has 1 N–H and O–H groups in total. The van der Waals surface area contributed by atoms with E-state index in [0.717, 1.165) is 5.56 Å². The fraction of sp³-hybridized carbons (Fsp3) is 0.154. The van der Waals surface area contributed by atoms with Crippen LogP contribution < -0.4 is 5.32 Å². The zero-order chi connectivity index (χ0) is 13.1. The summed E-state index contributed by atoms with van der Waals surface area (Å²) >= 11 is 11.9. The van der Waals surface area contributed by atoms with Crippen LogP contribution >= 0.6 is 23.2 Å². The molecule has 2 rings (SSSR count). The minimum absolute atomic E-state index is 0.316. The zero-order valence-electron chi connectivity index (χ0n) is 9.62. The molecule has 0 aliphatic heterocycles. The molecule has 0 fully saturated rings. The number of nitrogens with zero attached hydrogens (tertiary/aromatic N) is 1. The molecule has 0 amide bonds. The molecule has 1 aromatic heterocycles. The quantitative estimate of drug-likeness (QED) is 0.926. The van der Waals surface area contributed by atoms with Gasteiger partial charge in [0.15, 0.2) is 0 Å². The summed E-state index contributed by atoms with van der Waals surface area (Å²) in [4.78, 5) is 3.74. The van der Waals surface area contributed by atoms with E-state index in [-0.39, 0.29) is 11.9 Å². The van der Waals surface area contributed by atoms with Gasteiger partial charge in [-0.25, -0.2) is 4.39 Å². The Balaban J connectivity index is 2.48. The summed E-state index contributed by atoms with van der Waals surface area (Å²) in [7, 11) is 1.75. The lowest BCUT2D eigenvalue weighted by molar-refractivity contribution is 0.571. The fourth-order valence-corrected chi connectivity index (χ4v) is 2.41. The Kier molecular flexibility index (Phi) is 4.17. The van der Waals surface area contributed by atoms with E-state index >= 15 is 0 Å². The molecule has 1 atom stereocenters. The van der Waals surface area contributed by atoms with Crippen LogP contribution in [0.25, 0.3) is 0 Å². The molecule has 0 bridgehead atoms. The normalized spacial score (nSPS) is 12.4. The standard InChI is InChI=1S/C13H11Cl2FN2/c1-17-13(11-2-3-18-7-12(11)16)8-4-9(14)6-10(15)5-8/h2-7,13,17H,1H3. The first-order chi connectivity index (χ1) is 8.61. The maximum atomic E-state index is 13.7. The zero-order valence-corrected chi connectivity index (χ0v) is 11.1. The molecule has 0 aliphatic rings. The largest absolute Gasteiger partial charge is 0.309 e. The molecule has 0 spiro atoms. The van der Waals surface area contributed by atoms with Gasteiger partial charge in [0, 0.05) is 21.8 Å². The first kappa shape index (κ1) is 13.3. The smallest absolute Gasteiger partial charge is 0.146 e. The van der Waals surface area contributed by atoms with Crippen molar-refractivity contribution in [2.24, 2.45) is 0 Å². The summed E-state index contributed by atoms with van der Waals surface area (Å²) in [6.07, 6.45) is 2.74. The lowest BCUT2D eigenvalue weighted by Gasteiger charge is -2.18. The summed E-state index contributed by atoms with van der Waals surface area (Å²) < 4.78 is 13.7. The predicted molar refractivity (Wildman–Crippen MR) is 71.6 cm³/mol. The summed E-state index contributed by atoms with van der Waals surface area (Å²) in [6.45, 7) is 0. The fourth-order valence-electron chi connectivity index (χ4n) is 1.86. The molecule has 0 saturated heterocycles. The number of aromatic nitrogens is 1. The third-order valence-electron chi connectivity index (χ3n) is 2.62. The monoisotopic (exact) mass is 284 g/mol. The highest BCUT2D eigenvalue weighted by Gasteiger charge is 2.16. The summed E-state index contributed by atoms with van der Waals surface area (Å²) in [5, 5.41) is 4.09. The Bertz CT molecular complexity index is 540. The van der Waals surface area contributed by atoms with Gasteiger partial charge in [0.1, 0.15) is 5.82 Å². The van der Waals surface area contributed by atoms with Gasteiger partial charge in [0.2, 0.25) is 0 Å². The van der Waals surface area contributed by atoms with Crippen molar-refractivity contribution in [2.75, 3.05) is 7.05 Å². The Hall–Kier alpha value is -1.16. The number of pyridine rings is 1. The Morgan fingerprint density at radius 3 is 2.44 bits per heavy atom. The Morgan fingerprint density at radius 2 is 1.89 bits per heavy atom. The highest BCUT2D eigenvalue weighted by molar-refractivity contribution is 6.34. The van der Waals surface area contributed by atoms with Gasteiger partial charge in [-0.15, -0.1) is 0 Å². The van der Waals surface area contributed by atoms with E-state index in [1.807, 2.05) is 0 Å². The summed E-state index contributed by atoms with van der Waals surface area (Å²) in [5.41, 5.74) is 1.31. The van der Waals surface area contributed by atoms with Crippen LogP contribution in [0.2, 0.25) is 10.0 Å². The number of halogens is 3. The molecule has 1 unspecified atom stereocenters. The van der Waals surface area contributed by atoms with E-state index < -0.39 is 0 Å². The lowest BCUT2D eigenvalue weighted by atomic mass is 9.99. The van der Waals surface area contributed by atoms with E-state index in [1.165, 1.54) is 6.20 Å². The maximum Gasteiger partial charge on any atom is 0.146 e. The highest BCUT2D eigenvalue weighted by atomic mass is 35.5. The molecular weight excluding hydrogens is 274 g/mol. The van der Waals surface area contributed by atoms with Crippen molar-refractivity contribution in [1.29, 1.82) is 0 Å². The third-order valence-corrected chi connectivity index (χ3v) is 3.06. The van der Waals surface area contributed by atoms with Gasteiger partial charge < -0.3 is 5.32 Å². The first-order valence-electron chi connectivity index (χ1n) is 5.34. The van der Waals surface area contributed by atoms with Gasteiger partial charge in [-0.2, -0.15) is 0 Å². The number of nitrogens with one attached hydrogen (secondary N) is 1. The van der Waals surface area contributed by atoms with Crippen molar-refractivity contribution in [2.45, 2.75) is 6.04 Å². The van der Waals surface area contributed by atoms with Crippen LogP contribution in [0.4, 0.5) is 4.39 Å². The van der Waals surface area contributed by atoms with Crippen LogP contribution in [0.15, 0.2) is 36.7 Å². The predicted octanol–water partition coefficient (Wildman–Crippen LogP) is 3.84. The van der Waals surface area contributed by atoms with Gasteiger partial charge in [0.05, 0.1) is 12.2 Å². The molecule has 1 aromatic carbocycles. The Labute approximate surface area is 115 Å². The molecule has 1 heterocycles. The van der Waals surface area contributed by atoms with Crippen molar-refractivity contribution >= 4 is 23.2 Å². The molecule has 5 heteroatoms. The van der Waals surface area contributed by atoms with Crippen molar-refractivity contribution in [3.63, 3.8) is 0 Å². The van der Waals surface area contributed by atoms with E-state index in [0.29, 0.717) is 15.6 Å². The van der Waals surface area contributed by atoms with Crippen molar-refractivity contribution in [1.82, 2.24) is 10.3 Å². The van der Waals surface area contributed by atoms with Crippen molar-refractivity contribution in [3.05, 3.63) is 63.6 Å². The number of benzene rings is 1. The SMILES string of the molecule is CNC(c1cc(Cl)cc(Cl)c1)c1ccncc1F. The number of rotatable bonds is 3. The molecule has 2 aromatic rings. The molecule has 0 radical (unpaired) electrons. The second kappa shape index (κ2) is 5.65. The van der Waals surface area contributed by atoms with Gasteiger partial charge in [0.25, 0.3) is 0 Å². The van der Waals surface area contributed by atoms with Gasteiger partial charge in [-0.3, -0.25) is 4.98 Å². The maximum absolute atomic E-state index is 13.7. The highest BCUT2D eigenvalue weighted by Crippen LogP contribution is 2.28. The van der Waals surface area contributed by atoms with Crippen molar-refractivity contribution in [3.8, 4) is 0 Å². The van der Waals surface area contributed by atoms with Gasteiger partial charge >= 0.3 is 0 Å². The molecule has 18 heavy (non-hydrogen) atoms. The Morgan fingerprint density at radius 1 is 1.22 bits per heavy atom. The van der Waals surface area contributed by atoms with E-state index in [9.17, 15) is 4.39 Å². The minimum atomic E-state index is -0.368. The average molecular weight is 285 g/mol. The molecular formula is C13H11Cl2FN2. The third kappa shape index (κ3) is 2.80. The second-order valence-corrected chi connectivity index (χ2v) is 4.69. The number of hydrogen-bond donors (Lipinski definition) is 1. The first-order valence-corrected chi connectivity index (χ1v) is 6.10. The topological polar surface area (TPSA) is 24.9 Å². The van der Waals surface area contributed by atoms with E-state index in [1.54, 1.807) is 37.5 Å². The van der Waals surface area contributed by atoms with Crippen LogP contribution in [0.3, 0.4) is 0 Å². The van der Waals surface area contributed by atoms with Crippen molar-refractivity contribution < 1.29 is 4.39 Å². The molecule has 94 valence electrons. The average Bonchev–Trinajstić information content (AvgIpc) is 2.31. The second-order valence-electron chi connectivity index (χ2n) is 3.82. The summed E-state index contributed by atoms with van der Waals surface area (Å²) in [6, 6.07) is 6.47. The molecule has 0 aliphatic carbocycles. The van der Waals surface area contributed by atoms with E-state index in [4.69, 9.17) is 23.2 Å². The van der Waals surface area contributed by atoms with Crippen LogP contribution in [0.5, 0.6) is 0 Å². The van der Waals surface area contributed by atoms with Gasteiger partial charge in [-0.05, 0) is 36.9 Å². The number of hydrogen-bond acceptors (Lipinski definition) is 2. The minimum Gasteiger partial charge on any atom is -0.309 e. The lowest BCUT2D eigenvalue weighted by Crippen LogP contribution is -2.19. The molecule has 0 saturated carbocycles. The van der Waals surface area contributed by atoms with Gasteiger partial charge in [-0.1, -0.05) is 23.2 Å². The van der Waals surface area contributed by atoms with E-state index in [2.05, 4.69) is 10.3 Å². The van der Waals surface area contributed by atoms with Crippen LogP contribution in [-0.4, -0.2) is 12.0 Å². The molecule has 2 nitrogen and oxygen atoms in total.